The van der Waals surface area contributed by atoms with Crippen molar-refractivity contribution >= 4 is 55.3 Å². The van der Waals surface area contributed by atoms with Gasteiger partial charge < -0.3 is 97.6 Å². The molecule has 0 saturated carbocycles. The zero-order valence-electron chi connectivity index (χ0n) is 70.9. The summed E-state index contributed by atoms with van der Waals surface area (Å²) in [6, 6.07) is 52.6. The van der Waals surface area contributed by atoms with Crippen molar-refractivity contribution in [2.45, 2.75) is 140 Å². The Balaban J connectivity index is 0.000000136. The number of aromatic nitrogens is 6. The Kier molecular flexibility index (Phi) is 33.3. The van der Waals surface area contributed by atoms with Crippen LogP contribution in [0, 0.1) is 0 Å². The van der Waals surface area contributed by atoms with E-state index >= 15 is 0 Å². The van der Waals surface area contributed by atoms with Gasteiger partial charge in [-0.3, -0.25) is 24.7 Å². The largest absolute Gasteiger partial charge is 0.497 e. The van der Waals surface area contributed by atoms with Crippen LogP contribution in [0.1, 0.15) is 82.3 Å². The smallest absolute Gasteiger partial charge is 0.387 e. The normalized spacial score (nSPS) is 19.2. The molecule has 5 aliphatic rings. The Morgan fingerprint density at radius 3 is 1.08 bits per heavy atom. The SMILES string of the molecule is COc1ccc2nccc(CCC3OCC(NCc4ccc(C(F)F)cc4)CO3)c2c1.COc1ccc2nccc(CCC3OCC(NCc4ccc(OC(F)F)cc4)CO3)c2c1.COc1ccc2nccc(CCC3OCC(NCc4ccc(OC)nc4)CO3)c2c1.COc1ccc2nccc(CCC3OCC(NCc4ccc5c(n4)NC(=O)CO5)CO3)c2c1. The second kappa shape index (κ2) is 46.2. The van der Waals surface area contributed by atoms with Crippen molar-refractivity contribution < 1.29 is 93.4 Å². The molecule has 6 aromatic carbocycles. The first kappa shape index (κ1) is 90.8. The van der Waals surface area contributed by atoms with Crippen LogP contribution in [0.15, 0.2) is 201 Å². The van der Waals surface area contributed by atoms with Crippen LogP contribution < -0.4 is 59.7 Å². The van der Waals surface area contributed by atoms with Crippen molar-refractivity contribution in [3.05, 3.63) is 251 Å². The number of nitrogens with one attached hydrogen (secondary N) is 5. The highest BCUT2D eigenvalue weighted by Gasteiger charge is 2.28. The molecule has 664 valence electrons. The van der Waals surface area contributed by atoms with Gasteiger partial charge in [0.1, 0.15) is 28.7 Å². The van der Waals surface area contributed by atoms with Crippen LogP contribution in [0.4, 0.5) is 23.4 Å². The molecule has 0 bridgehead atoms. The van der Waals surface area contributed by atoms with Crippen LogP contribution in [-0.2, 0) is 94.6 Å². The Hall–Kier alpha value is -11.4. The highest BCUT2D eigenvalue weighted by Crippen LogP contribution is 2.32. The maximum absolute atomic E-state index is 12.6. The van der Waals surface area contributed by atoms with E-state index in [2.05, 4.69) is 67.3 Å². The molecule has 0 radical (unpaired) electrons. The van der Waals surface area contributed by atoms with E-state index < -0.39 is 13.0 Å². The van der Waals surface area contributed by atoms with E-state index in [4.69, 9.17) is 66.3 Å². The number of carbonyl (C=O) groups excluding carboxylic acids is 1. The summed E-state index contributed by atoms with van der Waals surface area (Å²) in [5, 5.41) is 20.7. The minimum Gasteiger partial charge on any atom is -0.497 e. The molecule has 126 heavy (non-hydrogen) atoms. The second-order valence-corrected chi connectivity index (χ2v) is 30.5. The van der Waals surface area contributed by atoms with Crippen molar-refractivity contribution in [3.63, 3.8) is 0 Å². The lowest BCUT2D eigenvalue weighted by molar-refractivity contribution is -0.192. The fraction of sp³-hybridized carbons (Fsp3) is 0.379. The average Bonchev–Trinajstić information content (AvgIpc) is 0.825. The van der Waals surface area contributed by atoms with E-state index in [-0.39, 0.29) is 73.2 Å². The topological polar surface area (TPSA) is 293 Å². The predicted molar refractivity (Wildman–Crippen MR) is 465 cm³/mol. The van der Waals surface area contributed by atoms with Crippen molar-refractivity contribution in [3.8, 4) is 40.4 Å². The molecule has 0 unspecified atom stereocenters. The lowest BCUT2D eigenvalue weighted by Gasteiger charge is -2.30. The van der Waals surface area contributed by atoms with Gasteiger partial charge in [0.15, 0.2) is 43.3 Å². The van der Waals surface area contributed by atoms with Gasteiger partial charge in [0, 0.05) is 116 Å². The Labute approximate surface area is 728 Å². The van der Waals surface area contributed by atoms with Crippen molar-refractivity contribution in [1.82, 2.24) is 51.2 Å². The molecule has 12 aromatic rings. The van der Waals surface area contributed by atoms with E-state index in [0.29, 0.717) is 96.5 Å². The number of halogens is 4. The molecular formula is C95H105F4N11O16. The number of aryl methyl sites for hydroxylation is 4. The maximum Gasteiger partial charge on any atom is 0.387 e. The molecule has 4 fully saturated rings. The van der Waals surface area contributed by atoms with Gasteiger partial charge in [-0.25, -0.2) is 18.7 Å². The van der Waals surface area contributed by atoms with E-state index in [1.807, 2.05) is 146 Å². The van der Waals surface area contributed by atoms with Crippen LogP contribution >= 0.6 is 0 Å². The number of rotatable bonds is 32. The number of benzene rings is 6. The fourth-order valence-corrected chi connectivity index (χ4v) is 14.9. The molecule has 0 spiro atoms. The van der Waals surface area contributed by atoms with E-state index in [0.717, 1.165) is 140 Å². The third-order valence-electron chi connectivity index (χ3n) is 21.9. The van der Waals surface area contributed by atoms with Crippen LogP contribution in [0.3, 0.4) is 0 Å². The molecule has 6 aromatic heterocycles. The highest BCUT2D eigenvalue weighted by atomic mass is 19.3. The van der Waals surface area contributed by atoms with Crippen LogP contribution in [0.25, 0.3) is 43.6 Å². The lowest BCUT2D eigenvalue weighted by Crippen LogP contribution is -2.44. The summed E-state index contributed by atoms with van der Waals surface area (Å²) in [7, 11) is 8.27. The maximum atomic E-state index is 12.6. The summed E-state index contributed by atoms with van der Waals surface area (Å²) in [6.45, 7) is 4.16. The first-order valence-corrected chi connectivity index (χ1v) is 42.0. The number of hydrogen-bond donors (Lipinski definition) is 5. The standard InChI is InChI=1S/C24H26F2N2O4.C24H26F2N2O3.C24H26N4O5.C23H27N3O4/c1-29-20-7-8-22-21(12-20)17(10-11-27-22)4-9-23-30-14-18(15-31-23)28-13-16-2-5-19(6-3-16)32-24(25)26;1-29-20-7-8-22-21(12-20)17(10-11-27-22)6-9-23-30-14-19(15-31-23)28-13-16-2-4-18(5-3-16)24(25)26;1-30-18-4-5-20-19(10-18)15(8-9-25-20)2-7-23-32-12-17(13-33-23)26-11-16-3-6-21-24(27-16)28-22(29)14-31-21;1-27-19-5-6-21-20(11-19)17(9-10-24-21)4-8-23-29-14-18(15-30-23)25-12-16-3-7-22(28-2)26-13-16/h2-3,5-8,10-12,18,23-24,28H,4,9,13-15H2,1H3;2-5,7-8,10-12,19,23-24,28H,6,9,13-15H2,1H3;3-6,8-10,17,23,26H,2,7,11-14H2,1H3,(H,27,28,29);3,5-7,9-11,13,18,23,25H,4,8,12,14-15H2,1-2H3. The van der Waals surface area contributed by atoms with Gasteiger partial charge in [0.25, 0.3) is 12.3 Å². The molecule has 5 aliphatic heterocycles. The molecule has 31 heteroatoms. The van der Waals surface area contributed by atoms with Gasteiger partial charge in [-0.2, -0.15) is 8.78 Å². The first-order chi connectivity index (χ1) is 61.6. The number of carbonyl (C=O) groups is 1. The summed E-state index contributed by atoms with van der Waals surface area (Å²) in [5.41, 5.74) is 12.4. The molecule has 11 heterocycles. The number of anilines is 1. The number of fused-ring (bicyclic) bond motifs is 5. The van der Waals surface area contributed by atoms with Gasteiger partial charge in [0.05, 0.1) is 140 Å². The highest BCUT2D eigenvalue weighted by molar-refractivity contribution is 5.94. The number of ether oxygens (including phenoxy) is 15. The summed E-state index contributed by atoms with van der Waals surface area (Å²) >= 11 is 0. The van der Waals surface area contributed by atoms with E-state index in [1.165, 1.54) is 46.5 Å². The summed E-state index contributed by atoms with van der Waals surface area (Å²) in [6.07, 6.45) is 12.1. The molecule has 5 N–H and O–H groups in total. The zero-order chi connectivity index (χ0) is 87.4. The zero-order valence-corrected chi connectivity index (χ0v) is 70.9. The molecular weight excluding hydrogens is 1630 g/mol. The predicted octanol–water partition coefficient (Wildman–Crippen LogP) is 14.5. The first-order valence-electron chi connectivity index (χ1n) is 42.0. The minimum absolute atomic E-state index is 0.0236. The van der Waals surface area contributed by atoms with Gasteiger partial charge in [-0.05, 0) is 186 Å². The monoisotopic (exact) mass is 1730 g/mol. The Morgan fingerprint density at radius 2 is 0.738 bits per heavy atom. The summed E-state index contributed by atoms with van der Waals surface area (Å²) in [4.78, 5) is 37.9. The molecule has 4 saturated heterocycles. The van der Waals surface area contributed by atoms with Crippen molar-refractivity contribution in [1.29, 1.82) is 0 Å². The molecule has 0 atom stereocenters. The average molecular weight is 1730 g/mol. The van der Waals surface area contributed by atoms with Gasteiger partial charge in [0.2, 0.25) is 5.88 Å². The van der Waals surface area contributed by atoms with E-state index in [9.17, 15) is 22.4 Å². The molecule has 27 nitrogen and oxygen atoms in total. The van der Waals surface area contributed by atoms with Gasteiger partial charge >= 0.3 is 6.61 Å². The Bertz CT molecular complexity index is 5440. The van der Waals surface area contributed by atoms with Crippen molar-refractivity contribution in [2.75, 3.05) is 100 Å². The third kappa shape index (κ3) is 26.4. The lowest BCUT2D eigenvalue weighted by atomic mass is 10.0. The summed E-state index contributed by atoms with van der Waals surface area (Å²) < 4.78 is 133. The number of pyridine rings is 6. The van der Waals surface area contributed by atoms with E-state index in [1.54, 1.807) is 59.8 Å². The Morgan fingerprint density at radius 1 is 0.389 bits per heavy atom. The van der Waals surface area contributed by atoms with Gasteiger partial charge in [-0.1, -0.05) is 42.5 Å². The second-order valence-electron chi connectivity index (χ2n) is 30.5. The number of nitrogens with zero attached hydrogens (tertiary/aromatic N) is 6. The van der Waals surface area contributed by atoms with Gasteiger partial charge in [-0.15, -0.1) is 0 Å². The molecule has 17 rings (SSSR count). The van der Waals surface area contributed by atoms with Crippen LogP contribution in [-0.4, -0.2) is 187 Å². The van der Waals surface area contributed by atoms with Crippen LogP contribution in [0.5, 0.6) is 40.4 Å². The number of alkyl halides is 4. The third-order valence-corrected chi connectivity index (χ3v) is 21.9. The van der Waals surface area contributed by atoms with Crippen molar-refractivity contribution in [2.24, 2.45) is 0 Å². The number of amides is 1. The summed E-state index contributed by atoms with van der Waals surface area (Å²) in [5.74, 6) is 4.89. The molecule has 1 amide bonds. The quantitative estimate of drug-likeness (QED) is 0.0245. The fourth-order valence-electron chi connectivity index (χ4n) is 14.9. The number of hydrogen-bond acceptors (Lipinski definition) is 26. The van der Waals surface area contributed by atoms with Crippen LogP contribution in [0.2, 0.25) is 0 Å². The molecule has 0 aliphatic carbocycles. The minimum atomic E-state index is -2.82. The number of methoxy groups -OCH3 is 5.